The van der Waals surface area contributed by atoms with Crippen molar-refractivity contribution in [3.05, 3.63) is 35.4 Å². The molecule has 2 unspecified atom stereocenters. The van der Waals surface area contributed by atoms with Crippen LogP contribution in [0.15, 0.2) is 24.3 Å². The van der Waals surface area contributed by atoms with E-state index in [-0.39, 0.29) is 6.04 Å². The van der Waals surface area contributed by atoms with Crippen LogP contribution >= 0.6 is 0 Å². The molecule has 1 N–H and O–H groups in total. The van der Waals surface area contributed by atoms with Gasteiger partial charge in [-0.3, -0.25) is 4.79 Å². The summed E-state index contributed by atoms with van der Waals surface area (Å²) < 4.78 is 0. The van der Waals surface area contributed by atoms with Gasteiger partial charge in [0.05, 0.1) is 6.04 Å². The number of piperidine rings is 1. The van der Waals surface area contributed by atoms with E-state index in [1.807, 2.05) is 0 Å². The average Bonchev–Trinajstić information content (AvgIpc) is 2.69. The Hall–Kier alpha value is -1.35. The monoisotopic (exact) mass is 272 g/mol. The molecule has 3 nitrogen and oxygen atoms in total. The average molecular weight is 272 g/mol. The predicted molar refractivity (Wildman–Crippen MR) is 80.6 cm³/mol. The van der Waals surface area contributed by atoms with E-state index < -0.39 is 0 Å². The van der Waals surface area contributed by atoms with Crippen molar-refractivity contribution in [1.82, 2.24) is 10.2 Å². The second-order valence-electron chi connectivity index (χ2n) is 6.23. The zero-order valence-electron chi connectivity index (χ0n) is 12.3. The fourth-order valence-corrected chi connectivity index (χ4v) is 3.40. The molecule has 1 saturated heterocycles. The van der Waals surface area contributed by atoms with Crippen molar-refractivity contribution in [1.29, 1.82) is 0 Å². The number of amides is 1. The standard InChI is InChI=1S/C17H24N2O/c1-13-6-9-18-16(12-13)17(20)19-10-7-14-4-2-3-5-15(14)8-11-19/h2-5,13,16,18H,6-12H2,1H3. The van der Waals surface area contributed by atoms with Gasteiger partial charge in [-0.1, -0.05) is 31.2 Å². The summed E-state index contributed by atoms with van der Waals surface area (Å²) >= 11 is 0. The van der Waals surface area contributed by atoms with Crippen LogP contribution in [0.2, 0.25) is 0 Å². The molecule has 108 valence electrons. The highest BCUT2D eigenvalue weighted by Gasteiger charge is 2.29. The SMILES string of the molecule is CC1CCNC(C(=O)N2CCc3ccccc3CC2)C1. The van der Waals surface area contributed by atoms with Crippen molar-refractivity contribution < 1.29 is 4.79 Å². The fourth-order valence-electron chi connectivity index (χ4n) is 3.40. The summed E-state index contributed by atoms with van der Waals surface area (Å²) in [5.74, 6) is 0.971. The Bertz CT molecular complexity index is 459. The van der Waals surface area contributed by atoms with E-state index in [1.165, 1.54) is 17.5 Å². The van der Waals surface area contributed by atoms with E-state index >= 15 is 0 Å². The van der Waals surface area contributed by atoms with Gasteiger partial charge in [0.25, 0.3) is 0 Å². The Morgan fingerprint density at radius 2 is 1.85 bits per heavy atom. The number of carbonyl (C=O) groups excluding carboxylic acids is 1. The summed E-state index contributed by atoms with van der Waals surface area (Å²) in [6, 6.07) is 8.63. The van der Waals surface area contributed by atoms with Gasteiger partial charge in [-0.2, -0.15) is 0 Å². The largest absolute Gasteiger partial charge is 0.341 e. The Kier molecular flexibility index (Phi) is 4.06. The zero-order chi connectivity index (χ0) is 13.9. The van der Waals surface area contributed by atoms with Crippen LogP contribution in [-0.4, -0.2) is 36.5 Å². The van der Waals surface area contributed by atoms with E-state index in [0.717, 1.165) is 38.9 Å². The predicted octanol–water partition coefficient (Wildman–Crippen LogP) is 2.00. The van der Waals surface area contributed by atoms with Crippen LogP contribution in [0, 0.1) is 5.92 Å². The van der Waals surface area contributed by atoms with Crippen molar-refractivity contribution in [2.75, 3.05) is 19.6 Å². The lowest BCUT2D eigenvalue weighted by atomic mass is 9.93. The number of nitrogens with zero attached hydrogens (tertiary/aromatic N) is 1. The number of benzene rings is 1. The van der Waals surface area contributed by atoms with Crippen LogP contribution in [0.5, 0.6) is 0 Å². The molecular formula is C17H24N2O. The maximum absolute atomic E-state index is 12.7. The fraction of sp³-hybridized carbons (Fsp3) is 0.588. The smallest absolute Gasteiger partial charge is 0.239 e. The molecule has 1 amide bonds. The molecule has 2 aliphatic heterocycles. The molecule has 20 heavy (non-hydrogen) atoms. The molecule has 1 aromatic carbocycles. The quantitative estimate of drug-likeness (QED) is 0.848. The molecule has 0 saturated carbocycles. The Labute approximate surface area is 121 Å². The van der Waals surface area contributed by atoms with Crippen LogP contribution in [-0.2, 0) is 17.6 Å². The molecule has 0 bridgehead atoms. The number of rotatable bonds is 1. The van der Waals surface area contributed by atoms with E-state index in [1.54, 1.807) is 0 Å². The highest BCUT2D eigenvalue weighted by Crippen LogP contribution is 2.19. The molecule has 1 fully saturated rings. The van der Waals surface area contributed by atoms with E-state index in [4.69, 9.17) is 0 Å². The van der Waals surface area contributed by atoms with Gasteiger partial charge in [-0.15, -0.1) is 0 Å². The van der Waals surface area contributed by atoms with E-state index in [9.17, 15) is 4.79 Å². The maximum Gasteiger partial charge on any atom is 0.239 e. The third-order valence-corrected chi connectivity index (χ3v) is 4.70. The molecule has 1 aromatic rings. The second-order valence-corrected chi connectivity index (χ2v) is 6.23. The first-order valence-corrected chi connectivity index (χ1v) is 7.83. The van der Waals surface area contributed by atoms with Gasteiger partial charge in [0.15, 0.2) is 0 Å². The Morgan fingerprint density at radius 1 is 1.20 bits per heavy atom. The van der Waals surface area contributed by atoms with Gasteiger partial charge in [-0.05, 0) is 49.3 Å². The molecular weight excluding hydrogens is 248 g/mol. The highest BCUT2D eigenvalue weighted by molar-refractivity contribution is 5.82. The van der Waals surface area contributed by atoms with E-state index in [2.05, 4.69) is 41.4 Å². The first-order chi connectivity index (χ1) is 9.74. The first kappa shape index (κ1) is 13.6. The van der Waals surface area contributed by atoms with Crippen molar-refractivity contribution in [3.8, 4) is 0 Å². The lowest BCUT2D eigenvalue weighted by molar-refractivity contribution is -0.134. The van der Waals surface area contributed by atoms with Crippen molar-refractivity contribution in [2.24, 2.45) is 5.92 Å². The van der Waals surface area contributed by atoms with Crippen LogP contribution in [0.3, 0.4) is 0 Å². The van der Waals surface area contributed by atoms with Gasteiger partial charge in [0, 0.05) is 13.1 Å². The summed E-state index contributed by atoms with van der Waals surface area (Å²) in [6.07, 6.45) is 4.16. The number of hydrogen-bond acceptors (Lipinski definition) is 2. The third-order valence-electron chi connectivity index (χ3n) is 4.70. The third kappa shape index (κ3) is 2.88. The van der Waals surface area contributed by atoms with Crippen LogP contribution in [0.4, 0.5) is 0 Å². The second kappa shape index (κ2) is 5.96. The van der Waals surface area contributed by atoms with E-state index in [0.29, 0.717) is 11.8 Å². The Morgan fingerprint density at radius 3 is 2.45 bits per heavy atom. The molecule has 2 aliphatic rings. The normalized spacial score (nSPS) is 26.8. The van der Waals surface area contributed by atoms with Crippen LogP contribution < -0.4 is 5.32 Å². The highest BCUT2D eigenvalue weighted by atomic mass is 16.2. The molecule has 3 heteroatoms. The van der Waals surface area contributed by atoms with Gasteiger partial charge in [0.1, 0.15) is 0 Å². The van der Waals surface area contributed by atoms with Crippen molar-refractivity contribution in [3.63, 3.8) is 0 Å². The molecule has 0 radical (unpaired) electrons. The minimum absolute atomic E-state index is 0.0416. The Balaban J connectivity index is 1.65. The summed E-state index contributed by atoms with van der Waals surface area (Å²) in [4.78, 5) is 14.7. The number of hydrogen-bond donors (Lipinski definition) is 1. The molecule has 2 atom stereocenters. The molecule has 0 spiro atoms. The van der Waals surface area contributed by atoms with Crippen LogP contribution in [0.1, 0.15) is 30.9 Å². The molecule has 0 aliphatic carbocycles. The number of carbonyl (C=O) groups is 1. The first-order valence-electron chi connectivity index (χ1n) is 7.83. The van der Waals surface area contributed by atoms with Gasteiger partial charge < -0.3 is 10.2 Å². The van der Waals surface area contributed by atoms with Gasteiger partial charge >= 0.3 is 0 Å². The van der Waals surface area contributed by atoms with Crippen molar-refractivity contribution >= 4 is 5.91 Å². The molecule has 0 aromatic heterocycles. The van der Waals surface area contributed by atoms with Crippen LogP contribution in [0.25, 0.3) is 0 Å². The zero-order valence-corrected chi connectivity index (χ0v) is 12.3. The summed E-state index contributed by atoms with van der Waals surface area (Å²) in [6.45, 7) is 4.95. The summed E-state index contributed by atoms with van der Waals surface area (Å²) in [5, 5.41) is 3.40. The minimum Gasteiger partial charge on any atom is -0.341 e. The number of fused-ring (bicyclic) bond motifs is 1. The summed E-state index contributed by atoms with van der Waals surface area (Å²) in [5.41, 5.74) is 2.82. The minimum atomic E-state index is 0.0416. The lowest BCUT2D eigenvalue weighted by Crippen LogP contribution is -2.50. The lowest BCUT2D eigenvalue weighted by Gasteiger charge is -2.31. The van der Waals surface area contributed by atoms with Crippen molar-refractivity contribution in [2.45, 2.75) is 38.6 Å². The maximum atomic E-state index is 12.7. The molecule has 3 rings (SSSR count). The van der Waals surface area contributed by atoms with Gasteiger partial charge in [-0.25, -0.2) is 0 Å². The molecule has 2 heterocycles. The summed E-state index contributed by atoms with van der Waals surface area (Å²) in [7, 11) is 0. The van der Waals surface area contributed by atoms with Gasteiger partial charge in [0.2, 0.25) is 5.91 Å². The number of nitrogens with one attached hydrogen (secondary N) is 1. The topological polar surface area (TPSA) is 32.3 Å².